The smallest absolute Gasteiger partial charge is 0.331 e. The van der Waals surface area contributed by atoms with Crippen LogP contribution in [0, 0.1) is 0 Å². The highest BCUT2D eigenvalue weighted by Crippen LogP contribution is 2.31. The largest absolute Gasteiger partial charge is 0.493 e. The van der Waals surface area contributed by atoms with Crippen molar-refractivity contribution in [1.29, 1.82) is 0 Å². The van der Waals surface area contributed by atoms with Gasteiger partial charge in [-0.25, -0.2) is 4.79 Å². The number of amides is 1. The summed E-state index contributed by atoms with van der Waals surface area (Å²) in [7, 11) is 3.05. The molecule has 6 heteroatoms. The fourth-order valence-electron chi connectivity index (χ4n) is 2.85. The summed E-state index contributed by atoms with van der Waals surface area (Å²) >= 11 is 0. The molecule has 148 valence electrons. The normalized spacial score (nSPS) is 10.7. The molecule has 29 heavy (non-hydrogen) atoms. The number of rotatable bonds is 7. The van der Waals surface area contributed by atoms with E-state index in [0.29, 0.717) is 22.7 Å². The van der Waals surface area contributed by atoms with E-state index in [1.807, 2.05) is 36.4 Å². The Morgan fingerprint density at radius 1 is 0.931 bits per heavy atom. The summed E-state index contributed by atoms with van der Waals surface area (Å²) in [6.07, 6.45) is 2.78. The van der Waals surface area contributed by atoms with Gasteiger partial charge in [-0.2, -0.15) is 0 Å². The van der Waals surface area contributed by atoms with Gasteiger partial charge < -0.3 is 19.5 Å². The minimum Gasteiger partial charge on any atom is -0.493 e. The molecule has 0 fully saturated rings. The number of carbonyl (C=O) groups is 2. The fraction of sp³-hybridized carbons (Fsp3) is 0.130. The first-order valence-electron chi connectivity index (χ1n) is 8.95. The highest BCUT2D eigenvalue weighted by Gasteiger charge is 2.09. The molecule has 0 aliphatic carbocycles. The number of hydrogen-bond donors (Lipinski definition) is 1. The van der Waals surface area contributed by atoms with Gasteiger partial charge in [0.1, 0.15) is 0 Å². The first kappa shape index (κ1) is 19.9. The number of para-hydroxylation sites is 1. The van der Waals surface area contributed by atoms with E-state index in [2.05, 4.69) is 5.32 Å². The summed E-state index contributed by atoms with van der Waals surface area (Å²) in [6, 6.07) is 18.7. The van der Waals surface area contributed by atoms with Crippen molar-refractivity contribution in [2.75, 3.05) is 26.1 Å². The average molecular weight is 391 g/mol. The molecule has 0 radical (unpaired) electrons. The second-order valence-electron chi connectivity index (χ2n) is 6.13. The van der Waals surface area contributed by atoms with Gasteiger partial charge in [0.15, 0.2) is 18.1 Å². The molecule has 6 nitrogen and oxygen atoms in total. The predicted molar refractivity (Wildman–Crippen MR) is 112 cm³/mol. The molecule has 0 unspecified atom stereocenters. The summed E-state index contributed by atoms with van der Waals surface area (Å²) in [6.45, 7) is -0.384. The minimum atomic E-state index is -0.636. The Balaban J connectivity index is 1.56. The third-order valence-corrected chi connectivity index (χ3v) is 4.21. The van der Waals surface area contributed by atoms with E-state index in [4.69, 9.17) is 14.2 Å². The van der Waals surface area contributed by atoms with Gasteiger partial charge in [-0.3, -0.25) is 4.79 Å². The van der Waals surface area contributed by atoms with Gasteiger partial charge >= 0.3 is 5.97 Å². The van der Waals surface area contributed by atoms with E-state index in [-0.39, 0.29) is 6.61 Å². The Morgan fingerprint density at radius 2 is 1.72 bits per heavy atom. The van der Waals surface area contributed by atoms with Crippen LogP contribution in [0.2, 0.25) is 0 Å². The van der Waals surface area contributed by atoms with Gasteiger partial charge in [-0.05, 0) is 35.0 Å². The highest BCUT2D eigenvalue weighted by atomic mass is 16.5. The summed E-state index contributed by atoms with van der Waals surface area (Å²) in [5, 5.41) is 4.81. The van der Waals surface area contributed by atoms with E-state index in [0.717, 1.165) is 10.8 Å². The molecule has 0 aromatic heterocycles. The fourth-order valence-corrected chi connectivity index (χ4v) is 2.85. The Kier molecular flexibility index (Phi) is 6.47. The second-order valence-corrected chi connectivity index (χ2v) is 6.13. The quantitative estimate of drug-likeness (QED) is 0.486. The average Bonchev–Trinajstić information content (AvgIpc) is 2.75. The zero-order chi connectivity index (χ0) is 20.6. The van der Waals surface area contributed by atoms with E-state index in [9.17, 15) is 9.59 Å². The molecule has 3 rings (SSSR count). The summed E-state index contributed by atoms with van der Waals surface area (Å²) < 4.78 is 15.5. The van der Waals surface area contributed by atoms with Gasteiger partial charge in [0, 0.05) is 17.3 Å². The van der Waals surface area contributed by atoms with Gasteiger partial charge in [-0.15, -0.1) is 0 Å². The third-order valence-electron chi connectivity index (χ3n) is 4.21. The number of benzene rings is 3. The lowest BCUT2D eigenvalue weighted by Gasteiger charge is -2.09. The summed E-state index contributed by atoms with van der Waals surface area (Å²) in [4.78, 5) is 24.0. The Morgan fingerprint density at radius 3 is 2.48 bits per heavy atom. The van der Waals surface area contributed by atoms with E-state index in [1.165, 1.54) is 20.3 Å². The lowest BCUT2D eigenvalue weighted by atomic mass is 10.1. The van der Waals surface area contributed by atoms with E-state index >= 15 is 0 Å². The van der Waals surface area contributed by atoms with Crippen LogP contribution in [0.5, 0.6) is 11.5 Å². The molecule has 3 aromatic rings. The molecule has 1 amide bonds. The third kappa shape index (κ3) is 5.13. The number of anilines is 1. The number of ether oxygens (including phenoxy) is 3. The number of carbonyl (C=O) groups excluding carboxylic acids is 2. The molecule has 0 atom stereocenters. The van der Waals surface area contributed by atoms with Gasteiger partial charge in [0.2, 0.25) is 0 Å². The Hall–Kier alpha value is -3.80. The molecular weight excluding hydrogens is 370 g/mol. The van der Waals surface area contributed by atoms with Crippen molar-refractivity contribution in [3.05, 3.63) is 72.3 Å². The Bertz CT molecular complexity index is 1060. The van der Waals surface area contributed by atoms with Crippen LogP contribution >= 0.6 is 0 Å². The maximum absolute atomic E-state index is 12.1. The lowest BCUT2D eigenvalue weighted by Crippen LogP contribution is -2.20. The monoisotopic (exact) mass is 391 g/mol. The molecule has 0 saturated carbocycles. The topological polar surface area (TPSA) is 73.9 Å². The van der Waals surface area contributed by atoms with E-state index < -0.39 is 11.9 Å². The van der Waals surface area contributed by atoms with Crippen LogP contribution in [0.3, 0.4) is 0 Å². The molecule has 0 saturated heterocycles. The zero-order valence-electron chi connectivity index (χ0n) is 16.2. The van der Waals surface area contributed by atoms with Crippen LogP contribution in [0.4, 0.5) is 5.69 Å². The molecule has 0 spiro atoms. The van der Waals surface area contributed by atoms with Gasteiger partial charge in [0.25, 0.3) is 5.91 Å². The lowest BCUT2D eigenvalue weighted by molar-refractivity contribution is -0.142. The summed E-state index contributed by atoms with van der Waals surface area (Å²) in [5.74, 6) is 0.00963. The van der Waals surface area contributed by atoms with Crippen molar-refractivity contribution in [3.63, 3.8) is 0 Å². The standard InChI is InChI=1S/C23H21NO5/c1-27-20-9-5-8-17(23(20)28-2)11-13-22(26)29-15-21(25)24-19-12-10-16-6-3-4-7-18(16)14-19/h3-14H,15H2,1-2H3,(H,24,25)/b13-11+. The van der Waals surface area contributed by atoms with Crippen molar-refractivity contribution in [1.82, 2.24) is 0 Å². The van der Waals surface area contributed by atoms with Crippen molar-refractivity contribution >= 4 is 34.4 Å². The molecule has 0 heterocycles. The minimum absolute atomic E-state index is 0.384. The second kappa shape index (κ2) is 9.41. The molecule has 0 aliphatic rings. The van der Waals surface area contributed by atoms with Gasteiger partial charge in [-0.1, -0.05) is 42.5 Å². The Labute approximate surface area is 168 Å². The van der Waals surface area contributed by atoms with Crippen LogP contribution in [0.15, 0.2) is 66.7 Å². The molecule has 1 N–H and O–H groups in total. The SMILES string of the molecule is COc1cccc(/C=C/C(=O)OCC(=O)Nc2ccc3ccccc3c2)c1OC. The van der Waals surface area contributed by atoms with Crippen LogP contribution < -0.4 is 14.8 Å². The highest BCUT2D eigenvalue weighted by molar-refractivity contribution is 5.96. The number of fused-ring (bicyclic) bond motifs is 1. The molecule has 3 aromatic carbocycles. The number of methoxy groups -OCH3 is 2. The van der Waals surface area contributed by atoms with Gasteiger partial charge in [0.05, 0.1) is 14.2 Å². The molecule has 0 aliphatic heterocycles. The number of hydrogen-bond acceptors (Lipinski definition) is 5. The van der Waals surface area contributed by atoms with Crippen molar-refractivity contribution in [2.45, 2.75) is 0 Å². The van der Waals surface area contributed by atoms with Crippen molar-refractivity contribution in [2.24, 2.45) is 0 Å². The van der Waals surface area contributed by atoms with Crippen LogP contribution in [-0.4, -0.2) is 32.7 Å². The molecular formula is C23H21NO5. The van der Waals surface area contributed by atoms with Crippen LogP contribution in [0.25, 0.3) is 16.8 Å². The zero-order valence-corrected chi connectivity index (χ0v) is 16.2. The number of esters is 1. The van der Waals surface area contributed by atoms with Crippen LogP contribution in [0.1, 0.15) is 5.56 Å². The first-order valence-corrected chi connectivity index (χ1v) is 8.95. The van der Waals surface area contributed by atoms with Crippen LogP contribution in [-0.2, 0) is 14.3 Å². The van der Waals surface area contributed by atoms with Crippen molar-refractivity contribution < 1.29 is 23.8 Å². The maximum atomic E-state index is 12.1. The molecule has 0 bridgehead atoms. The van der Waals surface area contributed by atoms with Crippen molar-refractivity contribution in [3.8, 4) is 11.5 Å². The van der Waals surface area contributed by atoms with E-state index in [1.54, 1.807) is 30.3 Å². The summed E-state index contributed by atoms with van der Waals surface area (Å²) in [5.41, 5.74) is 1.30. The first-order chi connectivity index (χ1) is 14.1. The maximum Gasteiger partial charge on any atom is 0.331 e. The predicted octanol–water partition coefficient (Wildman–Crippen LogP) is 4.05. The number of nitrogens with one attached hydrogen (secondary N) is 1.